The number of ether oxygens (including phenoxy) is 1. The molecule has 2 saturated heterocycles. The minimum absolute atomic E-state index is 0.103. The number of hydrogen-bond acceptors (Lipinski definition) is 7. The summed E-state index contributed by atoms with van der Waals surface area (Å²) in [5, 5.41) is 3.83. The highest BCUT2D eigenvalue weighted by atomic mass is 32.2. The molecule has 0 bridgehead atoms. The van der Waals surface area contributed by atoms with Gasteiger partial charge in [-0.05, 0) is 31.9 Å². The van der Waals surface area contributed by atoms with E-state index in [0.29, 0.717) is 43.7 Å². The standard InChI is InChI=1S/C19H26N4O4S/c1-14-19(15(2)27-21-14)28(24,25)23-7-5-17-13-26-9-8-22(18(17)12-23)11-16-4-3-6-20-10-16/h3-4,6,10,17-18H,5,7-9,11-13H2,1-2H3/t17-,18-/m1/s1. The van der Waals surface area contributed by atoms with Gasteiger partial charge in [0, 0.05) is 50.5 Å². The normalized spacial score (nSPS) is 24.6. The lowest BCUT2D eigenvalue weighted by atomic mass is 9.92. The Kier molecular flexibility index (Phi) is 5.50. The van der Waals surface area contributed by atoms with Crippen molar-refractivity contribution in [2.24, 2.45) is 5.92 Å². The van der Waals surface area contributed by atoms with Gasteiger partial charge in [0.2, 0.25) is 10.0 Å². The minimum Gasteiger partial charge on any atom is -0.380 e. The molecule has 2 fully saturated rings. The van der Waals surface area contributed by atoms with Crippen LogP contribution in [0.5, 0.6) is 0 Å². The Morgan fingerprint density at radius 3 is 2.86 bits per heavy atom. The molecule has 0 spiro atoms. The summed E-state index contributed by atoms with van der Waals surface area (Å²) in [7, 11) is -3.64. The van der Waals surface area contributed by atoms with Crippen LogP contribution in [0.15, 0.2) is 33.9 Å². The van der Waals surface area contributed by atoms with Crippen LogP contribution in [0.2, 0.25) is 0 Å². The van der Waals surface area contributed by atoms with E-state index in [2.05, 4.69) is 21.1 Å². The number of sulfonamides is 1. The molecule has 152 valence electrons. The van der Waals surface area contributed by atoms with Crippen LogP contribution in [-0.2, 0) is 21.3 Å². The van der Waals surface area contributed by atoms with Crippen LogP contribution in [0.4, 0.5) is 0 Å². The Morgan fingerprint density at radius 2 is 2.14 bits per heavy atom. The van der Waals surface area contributed by atoms with E-state index in [1.807, 2.05) is 12.3 Å². The average molecular weight is 407 g/mol. The molecule has 4 rings (SSSR count). The smallest absolute Gasteiger partial charge is 0.248 e. The van der Waals surface area contributed by atoms with Crippen molar-refractivity contribution in [1.82, 2.24) is 19.3 Å². The largest absolute Gasteiger partial charge is 0.380 e. The summed E-state index contributed by atoms with van der Waals surface area (Å²) in [6.45, 7) is 7.08. The maximum atomic E-state index is 13.3. The van der Waals surface area contributed by atoms with E-state index in [9.17, 15) is 8.42 Å². The van der Waals surface area contributed by atoms with E-state index in [0.717, 1.165) is 25.1 Å². The predicted octanol–water partition coefficient (Wildman–Crippen LogP) is 1.60. The van der Waals surface area contributed by atoms with Crippen molar-refractivity contribution >= 4 is 10.0 Å². The van der Waals surface area contributed by atoms with Gasteiger partial charge in [-0.1, -0.05) is 11.2 Å². The Hall–Kier alpha value is -1.81. The molecule has 0 aliphatic carbocycles. The van der Waals surface area contributed by atoms with E-state index in [4.69, 9.17) is 9.26 Å². The number of nitrogens with zero attached hydrogens (tertiary/aromatic N) is 4. The fourth-order valence-electron chi connectivity index (χ4n) is 4.25. The number of piperidine rings is 1. The summed E-state index contributed by atoms with van der Waals surface area (Å²) < 4.78 is 39.1. The SMILES string of the molecule is Cc1noc(C)c1S(=O)(=O)N1CC[C@@H]2COCCN(Cc3cccnc3)[C@@H]2C1. The first-order valence-electron chi connectivity index (χ1n) is 9.60. The quantitative estimate of drug-likeness (QED) is 0.762. The lowest BCUT2D eigenvalue weighted by Gasteiger charge is -2.41. The first kappa shape index (κ1) is 19.5. The summed E-state index contributed by atoms with van der Waals surface area (Å²) in [5.41, 5.74) is 1.53. The van der Waals surface area contributed by atoms with E-state index < -0.39 is 10.0 Å². The van der Waals surface area contributed by atoms with Crippen molar-refractivity contribution in [3.8, 4) is 0 Å². The number of rotatable bonds is 4. The highest BCUT2D eigenvalue weighted by Gasteiger charge is 2.41. The Bertz CT molecular complexity index is 896. The lowest BCUT2D eigenvalue weighted by Crippen LogP contribution is -2.54. The number of fused-ring (bicyclic) bond motifs is 1. The molecule has 28 heavy (non-hydrogen) atoms. The zero-order valence-electron chi connectivity index (χ0n) is 16.2. The molecule has 2 aromatic rings. The third-order valence-electron chi connectivity index (χ3n) is 5.68. The zero-order valence-corrected chi connectivity index (χ0v) is 17.1. The second kappa shape index (κ2) is 7.90. The van der Waals surface area contributed by atoms with E-state index >= 15 is 0 Å². The summed E-state index contributed by atoms with van der Waals surface area (Å²) >= 11 is 0. The molecule has 0 N–H and O–H groups in total. The van der Waals surface area contributed by atoms with Crippen molar-refractivity contribution in [3.63, 3.8) is 0 Å². The molecular weight excluding hydrogens is 380 g/mol. The van der Waals surface area contributed by atoms with Gasteiger partial charge in [-0.2, -0.15) is 4.31 Å². The first-order valence-corrected chi connectivity index (χ1v) is 11.0. The Morgan fingerprint density at radius 1 is 1.29 bits per heavy atom. The highest BCUT2D eigenvalue weighted by Crippen LogP contribution is 2.31. The highest BCUT2D eigenvalue weighted by molar-refractivity contribution is 7.89. The van der Waals surface area contributed by atoms with Gasteiger partial charge < -0.3 is 9.26 Å². The molecule has 0 aromatic carbocycles. The van der Waals surface area contributed by atoms with Crippen LogP contribution in [0.3, 0.4) is 0 Å². The fourth-order valence-corrected chi connectivity index (χ4v) is 6.02. The number of hydrogen-bond donors (Lipinski definition) is 0. The van der Waals surface area contributed by atoms with Crippen molar-refractivity contribution in [2.45, 2.75) is 37.8 Å². The molecule has 9 heteroatoms. The topological polar surface area (TPSA) is 88.8 Å². The fraction of sp³-hybridized carbons (Fsp3) is 0.579. The van der Waals surface area contributed by atoms with Crippen molar-refractivity contribution in [1.29, 1.82) is 0 Å². The molecule has 4 heterocycles. The van der Waals surface area contributed by atoms with Crippen LogP contribution in [0, 0.1) is 19.8 Å². The average Bonchev–Trinajstić information content (AvgIpc) is 2.91. The van der Waals surface area contributed by atoms with Crippen LogP contribution in [-0.4, -0.2) is 66.7 Å². The first-order chi connectivity index (χ1) is 13.5. The molecule has 2 aliphatic heterocycles. The predicted molar refractivity (Wildman–Crippen MR) is 102 cm³/mol. The van der Waals surface area contributed by atoms with Gasteiger partial charge in [-0.15, -0.1) is 0 Å². The number of aromatic nitrogens is 2. The van der Waals surface area contributed by atoms with Crippen LogP contribution in [0.1, 0.15) is 23.4 Å². The lowest BCUT2D eigenvalue weighted by molar-refractivity contribution is 0.0766. The van der Waals surface area contributed by atoms with Crippen molar-refractivity contribution in [3.05, 3.63) is 41.5 Å². The van der Waals surface area contributed by atoms with Crippen molar-refractivity contribution < 1.29 is 17.7 Å². The summed E-state index contributed by atoms with van der Waals surface area (Å²) in [6, 6.07) is 4.08. The molecule has 0 radical (unpaired) electrons. The summed E-state index contributed by atoms with van der Waals surface area (Å²) in [4.78, 5) is 6.74. The molecule has 8 nitrogen and oxygen atoms in total. The maximum absolute atomic E-state index is 13.3. The summed E-state index contributed by atoms with van der Waals surface area (Å²) in [5.74, 6) is 0.659. The second-order valence-electron chi connectivity index (χ2n) is 7.54. The molecular formula is C19H26N4O4S. The van der Waals surface area contributed by atoms with Gasteiger partial charge >= 0.3 is 0 Å². The van der Waals surface area contributed by atoms with Gasteiger partial charge in [-0.25, -0.2) is 8.42 Å². The molecule has 0 unspecified atom stereocenters. The zero-order chi connectivity index (χ0) is 19.7. The third-order valence-corrected chi connectivity index (χ3v) is 7.79. The monoisotopic (exact) mass is 406 g/mol. The molecule has 2 atom stereocenters. The molecule has 2 aromatic heterocycles. The Balaban J connectivity index is 1.59. The Labute approximate surface area is 165 Å². The van der Waals surface area contributed by atoms with E-state index in [-0.39, 0.29) is 10.9 Å². The van der Waals surface area contributed by atoms with Crippen LogP contribution < -0.4 is 0 Å². The van der Waals surface area contributed by atoms with Crippen molar-refractivity contribution in [2.75, 3.05) is 32.8 Å². The van der Waals surface area contributed by atoms with E-state index in [1.165, 1.54) is 0 Å². The minimum atomic E-state index is -3.64. The van der Waals surface area contributed by atoms with Gasteiger partial charge in [0.05, 0.1) is 13.2 Å². The van der Waals surface area contributed by atoms with Gasteiger partial charge in [0.25, 0.3) is 0 Å². The van der Waals surface area contributed by atoms with Gasteiger partial charge in [0.1, 0.15) is 10.6 Å². The van der Waals surface area contributed by atoms with Gasteiger partial charge in [0.15, 0.2) is 5.76 Å². The second-order valence-corrected chi connectivity index (χ2v) is 9.41. The summed E-state index contributed by atoms with van der Waals surface area (Å²) in [6.07, 6.45) is 4.40. The molecule has 2 aliphatic rings. The number of aryl methyl sites for hydroxylation is 2. The van der Waals surface area contributed by atoms with E-state index in [1.54, 1.807) is 24.3 Å². The third kappa shape index (κ3) is 3.71. The molecule has 0 saturated carbocycles. The van der Waals surface area contributed by atoms with Crippen LogP contribution >= 0.6 is 0 Å². The number of pyridine rings is 1. The van der Waals surface area contributed by atoms with Crippen LogP contribution in [0.25, 0.3) is 0 Å². The maximum Gasteiger partial charge on any atom is 0.248 e. The molecule has 0 amide bonds. The van der Waals surface area contributed by atoms with Gasteiger partial charge in [-0.3, -0.25) is 9.88 Å².